The van der Waals surface area contributed by atoms with Gasteiger partial charge in [-0.3, -0.25) is 28.8 Å². The summed E-state index contributed by atoms with van der Waals surface area (Å²) >= 11 is 0. The minimum Gasteiger partial charge on any atom is -0.368 e. The van der Waals surface area contributed by atoms with E-state index in [1.165, 1.54) is 0 Å². The van der Waals surface area contributed by atoms with Crippen LogP contribution in [0.15, 0.2) is 30.3 Å². The van der Waals surface area contributed by atoms with Gasteiger partial charge in [-0.05, 0) is 12.0 Å². The largest absolute Gasteiger partial charge is 0.368 e. The summed E-state index contributed by atoms with van der Waals surface area (Å²) in [4.78, 5) is 71.4. The van der Waals surface area contributed by atoms with E-state index in [0.29, 0.717) is 6.42 Å². The molecule has 0 aliphatic heterocycles. The Hall–Kier alpha value is -4.00. The maximum atomic E-state index is 12.7. The normalized spacial score (nSPS) is 11.1. The van der Waals surface area contributed by atoms with Crippen molar-refractivity contribution < 1.29 is 33.5 Å². The minimum absolute atomic E-state index is 0.143. The summed E-state index contributed by atoms with van der Waals surface area (Å²) in [5, 5.41) is 12.2. The van der Waals surface area contributed by atoms with Crippen molar-refractivity contribution in [3.8, 4) is 0 Å². The second-order valence-corrected chi connectivity index (χ2v) is 8.45. The van der Waals surface area contributed by atoms with Crippen LogP contribution in [0.4, 0.5) is 0 Å². The Morgan fingerprint density at radius 3 is 2.11 bits per heavy atom. The second kappa shape index (κ2) is 19.2. The van der Waals surface area contributed by atoms with Gasteiger partial charge >= 0.3 is 0 Å². The van der Waals surface area contributed by atoms with Crippen molar-refractivity contribution >= 4 is 35.4 Å². The van der Waals surface area contributed by atoms with E-state index in [1.807, 2.05) is 0 Å². The van der Waals surface area contributed by atoms with Gasteiger partial charge in [0, 0.05) is 12.8 Å². The first-order valence-electron chi connectivity index (χ1n) is 12.5. The van der Waals surface area contributed by atoms with Gasteiger partial charge in [-0.2, -0.15) is 0 Å². The zero-order chi connectivity index (χ0) is 28.2. The molecule has 6 amide bonds. The van der Waals surface area contributed by atoms with Crippen LogP contribution in [0, 0.1) is 0 Å². The van der Waals surface area contributed by atoms with Crippen molar-refractivity contribution in [2.75, 3.05) is 33.0 Å². The van der Waals surface area contributed by atoms with E-state index in [0.717, 1.165) is 31.2 Å². The van der Waals surface area contributed by atoms with Crippen molar-refractivity contribution in [2.24, 2.45) is 5.73 Å². The Bertz CT molecular complexity index is 926. The van der Waals surface area contributed by atoms with Crippen molar-refractivity contribution in [3.05, 3.63) is 35.9 Å². The molecule has 13 heteroatoms. The number of benzene rings is 1. The predicted molar refractivity (Wildman–Crippen MR) is 138 cm³/mol. The van der Waals surface area contributed by atoms with Gasteiger partial charge in [0.05, 0.1) is 19.6 Å². The molecular weight excluding hydrogens is 496 g/mol. The number of nitrogens with two attached hydrogens (primary N) is 1. The van der Waals surface area contributed by atoms with Crippen LogP contribution < -0.4 is 32.3 Å². The van der Waals surface area contributed by atoms with Crippen molar-refractivity contribution in [2.45, 2.75) is 51.5 Å². The van der Waals surface area contributed by atoms with E-state index >= 15 is 0 Å². The highest BCUT2D eigenvalue weighted by Crippen LogP contribution is 2.04. The van der Waals surface area contributed by atoms with Crippen LogP contribution in [0.3, 0.4) is 0 Å². The molecule has 210 valence electrons. The molecule has 13 nitrogen and oxygen atoms in total. The molecule has 0 fully saturated rings. The van der Waals surface area contributed by atoms with E-state index in [2.05, 4.69) is 33.5 Å². The standard InChI is InChI=1S/C25H38N6O7/c1-2-3-4-8-11-21(33)27-13-22(34)28-15-24(36)31-19(12-18-9-6-5-7-10-18)25(37)29-14-23(35)30-17-38-16-20(26)32/h5-7,9-10,19H,2-4,8,11-17H2,1H3,(H2,26,32)(H,27,33)(H,28,34)(H,29,37)(H,30,35)(H,31,36)/t19-/m0/s1. The summed E-state index contributed by atoms with van der Waals surface area (Å²) < 4.78 is 4.82. The van der Waals surface area contributed by atoms with Gasteiger partial charge in [-0.25, -0.2) is 0 Å². The molecule has 1 atom stereocenters. The molecule has 0 unspecified atom stereocenters. The summed E-state index contributed by atoms with van der Waals surface area (Å²) in [5.74, 6) is -3.27. The van der Waals surface area contributed by atoms with Crippen LogP contribution in [0.2, 0.25) is 0 Å². The topological polar surface area (TPSA) is 198 Å². The lowest BCUT2D eigenvalue weighted by atomic mass is 10.1. The molecule has 0 aromatic heterocycles. The summed E-state index contributed by atoms with van der Waals surface area (Å²) in [5.41, 5.74) is 5.69. The minimum atomic E-state index is -1.02. The van der Waals surface area contributed by atoms with E-state index in [-0.39, 0.29) is 32.2 Å². The summed E-state index contributed by atoms with van der Waals surface area (Å²) in [6.07, 6.45) is 4.28. The van der Waals surface area contributed by atoms with Crippen molar-refractivity contribution in [1.82, 2.24) is 26.6 Å². The van der Waals surface area contributed by atoms with Crippen LogP contribution in [0.1, 0.15) is 44.6 Å². The molecule has 0 heterocycles. The lowest BCUT2D eigenvalue weighted by Crippen LogP contribution is -2.52. The van der Waals surface area contributed by atoms with E-state index < -0.39 is 48.7 Å². The molecule has 1 aromatic rings. The highest BCUT2D eigenvalue weighted by atomic mass is 16.5. The van der Waals surface area contributed by atoms with Gasteiger partial charge in [0.15, 0.2) is 0 Å². The van der Waals surface area contributed by atoms with Crippen LogP contribution in [0.5, 0.6) is 0 Å². The molecular formula is C25H38N6O7. The van der Waals surface area contributed by atoms with Gasteiger partial charge in [0.25, 0.3) is 0 Å². The highest BCUT2D eigenvalue weighted by molar-refractivity contribution is 5.92. The first-order chi connectivity index (χ1) is 18.2. The van der Waals surface area contributed by atoms with Crippen molar-refractivity contribution in [3.63, 3.8) is 0 Å². The quantitative estimate of drug-likeness (QED) is 0.0927. The fourth-order valence-electron chi connectivity index (χ4n) is 3.16. The highest BCUT2D eigenvalue weighted by Gasteiger charge is 2.22. The van der Waals surface area contributed by atoms with Gasteiger partial charge in [0.1, 0.15) is 19.4 Å². The van der Waals surface area contributed by atoms with Crippen LogP contribution in [-0.4, -0.2) is 74.5 Å². The van der Waals surface area contributed by atoms with Gasteiger partial charge in [0.2, 0.25) is 35.4 Å². The monoisotopic (exact) mass is 534 g/mol. The molecule has 1 aromatic carbocycles. The first-order valence-corrected chi connectivity index (χ1v) is 12.5. The summed E-state index contributed by atoms with van der Waals surface area (Å²) in [7, 11) is 0. The number of hydrogen-bond acceptors (Lipinski definition) is 7. The number of nitrogens with one attached hydrogen (secondary N) is 5. The van der Waals surface area contributed by atoms with Crippen molar-refractivity contribution in [1.29, 1.82) is 0 Å². The maximum absolute atomic E-state index is 12.7. The molecule has 0 bridgehead atoms. The van der Waals surface area contributed by atoms with Crippen LogP contribution in [0.25, 0.3) is 0 Å². The summed E-state index contributed by atoms with van der Waals surface area (Å²) in [6.45, 7) is 0.396. The first kappa shape index (κ1) is 32.0. The Labute approximate surface area is 222 Å². The molecule has 0 saturated carbocycles. The molecule has 7 N–H and O–H groups in total. The molecule has 0 spiro atoms. The SMILES string of the molecule is CCCCCCC(=O)NCC(=O)NCC(=O)N[C@@H](Cc1ccccc1)C(=O)NCC(=O)NCOCC(N)=O. The fraction of sp³-hybridized carbons (Fsp3) is 0.520. The van der Waals surface area contributed by atoms with Gasteiger partial charge in [-0.1, -0.05) is 56.5 Å². The number of rotatable bonds is 19. The number of carbonyl (C=O) groups excluding carboxylic acids is 6. The molecule has 0 aliphatic carbocycles. The molecule has 0 saturated heterocycles. The van der Waals surface area contributed by atoms with Gasteiger partial charge < -0.3 is 37.1 Å². The van der Waals surface area contributed by atoms with E-state index in [4.69, 9.17) is 10.5 Å². The average molecular weight is 535 g/mol. The number of amides is 6. The number of ether oxygens (including phenoxy) is 1. The zero-order valence-electron chi connectivity index (χ0n) is 21.7. The molecule has 1 rings (SSSR count). The molecule has 0 radical (unpaired) electrons. The smallest absolute Gasteiger partial charge is 0.243 e. The predicted octanol–water partition coefficient (Wildman–Crippen LogP) is -1.39. The lowest BCUT2D eigenvalue weighted by Gasteiger charge is -2.19. The van der Waals surface area contributed by atoms with E-state index in [9.17, 15) is 28.8 Å². The fourth-order valence-corrected chi connectivity index (χ4v) is 3.16. The Morgan fingerprint density at radius 1 is 0.789 bits per heavy atom. The number of carbonyl (C=O) groups is 6. The third kappa shape index (κ3) is 15.9. The Kier molecular flexibility index (Phi) is 16.1. The number of unbranched alkanes of at least 4 members (excludes halogenated alkanes) is 3. The number of primary amides is 1. The zero-order valence-corrected chi connectivity index (χ0v) is 21.7. The number of hydrogen-bond donors (Lipinski definition) is 6. The van der Waals surface area contributed by atoms with E-state index in [1.54, 1.807) is 30.3 Å². The summed E-state index contributed by atoms with van der Waals surface area (Å²) in [6, 6.07) is 7.91. The average Bonchev–Trinajstić information content (AvgIpc) is 2.90. The second-order valence-electron chi connectivity index (χ2n) is 8.45. The third-order valence-electron chi connectivity index (χ3n) is 5.12. The van der Waals surface area contributed by atoms with Crippen LogP contribution in [-0.2, 0) is 39.9 Å². The Balaban J connectivity index is 2.50. The Morgan fingerprint density at radius 2 is 1.42 bits per heavy atom. The third-order valence-corrected chi connectivity index (χ3v) is 5.12. The lowest BCUT2D eigenvalue weighted by molar-refractivity contribution is -0.131. The molecule has 0 aliphatic rings. The van der Waals surface area contributed by atoms with Crippen LogP contribution >= 0.6 is 0 Å². The van der Waals surface area contributed by atoms with Gasteiger partial charge in [-0.15, -0.1) is 0 Å². The maximum Gasteiger partial charge on any atom is 0.243 e. The molecule has 38 heavy (non-hydrogen) atoms.